The number of hydrogen-bond donors (Lipinski definition) is 6. The number of nitriles is 1. The summed E-state index contributed by atoms with van der Waals surface area (Å²) in [5.74, 6) is -3.17. The first kappa shape index (κ1) is 52.3. The number of aromatic hydroxyl groups is 1. The minimum absolute atomic E-state index is 0.0343. The molecule has 0 aliphatic carbocycles. The first-order valence-electron chi connectivity index (χ1n) is 24.1. The van der Waals surface area contributed by atoms with Gasteiger partial charge in [0.05, 0.1) is 41.3 Å². The fraction of sp³-hybridized carbons (Fsp3) is 0.327. The molecule has 7 N–H and O–H groups in total. The number of rotatable bonds is 16. The monoisotopic (exact) mass is 1030 g/mol. The number of nitrogens with two attached hydrogens (primary N) is 1. The van der Waals surface area contributed by atoms with Crippen molar-refractivity contribution in [2.75, 3.05) is 67.2 Å². The molecular weight excluding hydrogens is 974 g/mol. The Bertz CT molecular complexity index is 3020. The molecule has 0 bridgehead atoms. The number of amides is 2. The molecule has 2 aliphatic heterocycles. The van der Waals surface area contributed by atoms with Crippen molar-refractivity contribution in [2.45, 2.75) is 63.6 Å². The number of nitrogens with zero attached hydrogens (tertiary/aromatic N) is 5. The van der Waals surface area contributed by atoms with Crippen molar-refractivity contribution < 1.29 is 28.2 Å². The van der Waals surface area contributed by atoms with Gasteiger partial charge in [-0.2, -0.15) is 5.26 Å². The second-order valence-electron chi connectivity index (χ2n) is 19.5. The van der Waals surface area contributed by atoms with Crippen molar-refractivity contribution in [3.8, 4) is 28.8 Å². The number of halogens is 4. The number of piperazine rings is 1. The fourth-order valence-electron chi connectivity index (χ4n) is 9.95. The number of nitrogen functional groups attached to an aromatic ring is 1. The highest BCUT2D eigenvalue weighted by molar-refractivity contribution is 6.31. The van der Waals surface area contributed by atoms with Crippen molar-refractivity contribution in [2.24, 2.45) is 5.41 Å². The van der Waals surface area contributed by atoms with Crippen LogP contribution in [0.1, 0.15) is 66.6 Å². The van der Waals surface area contributed by atoms with Gasteiger partial charge in [0, 0.05) is 78.6 Å². The van der Waals surface area contributed by atoms with Crippen LogP contribution in [0.25, 0.3) is 11.3 Å². The molecule has 14 nitrogen and oxygen atoms in total. The van der Waals surface area contributed by atoms with Crippen LogP contribution < -0.4 is 41.5 Å². The van der Waals surface area contributed by atoms with Crippen LogP contribution in [-0.4, -0.2) is 85.6 Å². The number of benzene rings is 5. The van der Waals surface area contributed by atoms with Gasteiger partial charge >= 0.3 is 0 Å². The van der Waals surface area contributed by atoms with E-state index in [1.165, 1.54) is 49.6 Å². The fourth-order valence-corrected chi connectivity index (χ4v) is 10.3. The van der Waals surface area contributed by atoms with Gasteiger partial charge in [0.15, 0.2) is 5.82 Å². The van der Waals surface area contributed by atoms with Gasteiger partial charge < -0.3 is 46.6 Å². The molecule has 2 saturated heterocycles. The van der Waals surface area contributed by atoms with Gasteiger partial charge in [-0.3, -0.25) is 9.59 Å². The number of hydrogen-bond acceptors (Lipinski definition) is 12. The van der Waals surface area contributed by atoms with Gasteiger partial charge in [-0.15, -0.1) is 10.2 Å². The highest BCUT2D eigenvalue weighted by atomic mass is 35.5. The van der Waals surface area contributed by atoms with Gasteiger partial charge in [-0.1, -0.05) is 86.4 Å². The Balaban J connectivity index is 0.848. The van der Waals surface area contributed by atoms with E-state index in [0.29, 0.717) is 55.1 Å². The number of methoxy groups -OCH3 is 1. The lowest BCUT2D eigenvalue weighted by molar-refractivity contribution is -0.118. The second-order valence-corrected chi connectivity index (χ2v) is 20.4. The number of phenols is 1. The number of anilines is 4. The van der Waals surface area contributed by atoms with E-state index in [9.17, 15) is 20.0 Å². The van der Waals surface area contributed by atoms with E-state index in [1.54, 1.807) is 24.3 Å². The number of ether oxygens (including phenoxy) is 1. The van der Waals surface area contributed by atoms with Crippen LogP contribution in [0, 0.1) is 28.4 Å². The molecule has 18 heteroatoms. The molecule has 4 unspecified atom stereocenters. The Morgan fingerprint density at radius 1 is 0.932 bits per heavy atom. The summed E-state index contributed by atoms with van der Waals surface area (Å²) in [6.07, 6.45) is 0.965. The lowest BCUT2D eigenvalue weighted by atomic mass is 9.62. The standard InChI is InChI=1S/C55H58Cl2F2N10O4/c1-54(2,3)30-47-55(32-60,39-19-16-35(56)28-41(39)58)48(38-10-7-11-40(57)49(38)59)50(65-47)53(72)64-42-20-15-34(27-46(42)73-4)52(71)63-22-8-21-62-31-33-13-17-36(18-14-33)68-23-25-69(26-24-68)44-29-43(66-67-51(44)61)37-9-5-6-12-45(37)70/h5-7,9-20,27-29,47-48,50,62,65,70H,8,21-26,30-31H2,1-4H3,(H2,61,67)(H,63,71)(H,64,72). The highest BCUT2D eigenvalue weighted by Gasteiger charge is 2.61. The third-order valence-electron chi connectivity index (χ3n) is 13.5. The van der Waals surface area contributed by atoms with E-state index in [4.69, 9.17) is 33.7 Å². The maximum atomic E-state index is 16.2. The lowest BCUT2D eigenvalue weighted by Gasteiger charge is -2.37. The molecule has 8 rings (SSSR count). The summed E-state index contributed by atoms with van der Waals surface area (Å²) in [7, 11) is 1.41. The molecule has 0 saturated carbocycles. The van der Waals surface area contributed by atoms with Gasteiger partial charge in [0.1, 0.15) is 28.5 Å². The average Bonchev–Trinajstić information content (AvgIpc) is 3.69. The maximum absolute atomic E-state index is 16.2. The molecule has 2 amide bonds. The van der Waals surface area contributed by atoms with E-state index in [1.807, 2.05) is 32.9 Å². The highest BCUT2D eigenvalue weighted by Crippen LogP contribution is 2.53. The van der Waals surface area contributed by atoms with Crippen molar-refractivity contribution in [3.63, 3.8) is 0 Å². The Morgan fingerprint density at radius 2 is 1.67 bits per heavy atom. The van der Waals surface area contributed by atoms with Gasteiger partial charge in [0.2, 0.25) is 5.91 Å². The van der Waals surface area contributed by atoms with Crippen molar-refractivity contribution >= 4 is 57.9 Å². The zero-order valence-electron chi connectivity index (χ0n) is 41.0. The molecule has 1 aromatic heterocycles. The Morgan fingerprint density at radius 3 is 2.37 bits per heavy atom. The Hall–Kier alpha value is -7.03. The van der Waals surface area contributed by atoms with Gasteiger partial charge in [-0.05, 0) is 103 Å². The van der Waals surface area contributed by atoms with Crippen LogP contribution >= 0.6 is 23.2 Å². The molecule has 5 aromatic carbocycles. The number of aromatic nitrogens is 2. The van der Waals surface area contributed by atoms with Crippen molar-refractivity contribution in [1.82, 2.24) is 26.1 Å². The van der Waals surface area contributed by atoms with Gasteiger partial charge in [-0.25, -0.2) is 8.78 Å². The molecule has 0 radical (unpaired) electrons. The molecule has 73 heavy (non-hydrogen) atoms. The third kappa shape index (κ3) is 11.5. The third-order valence-corrected chi connectivity index (χ3v) is 14.0. The summed E-state index contributed by atoms with van der Waals surface area (Å²) in [5.41, 5.74) is 8.68. The lowest BCUT2D eigenvalue weighted by Crippen LogP contribution is -2.46. The number of carbonyl (C=O) groups is 2. The molecule has 2 aliphatic rings. The van der Waals surface area contributed by atoms with E-state index < -0.39 is 46.4 Å². The summed E-state index contributed by atoms with van der Waals surface area (Å²) >= 11 is 12.5. The van der Waals surface area contributed by atoms with E-state index in [2.05, 4.69) is 71.6 Å². The van der Waals surface area contributed by atoms with Crippen molar-refractivity contribution in [1.29, 1.82) is 5.26 Å². The molecule has 0 spiro atoms. The van der Waals surface area contributed by atoms with Crippen LogP contribution in [0.15, 0.2) is 109 Å². The molecule has 2 fully saturated rings. The molecule has 3 heterocycles. The van der Waals surface area contributed by atoms with Gasteiger partial charge in [0.25, 0.3) is 5.91 Å². The SMILES string of the molecule is COc1cc(C(=O)NCCCNCc2ccc(N3CCN(c4cc(-c5ccccc5O)nnc4N)CC3)cc2)ccc1NC(=O)C1NC(CC(C)(C)C)C(C#N)(c2ccc(Cl)cc2F)C1c1cccc(Cl)c1F. The first-order valence-corrected chi connectivity index (χ1v) is 24.8. The molecular formula is C55H58Cl2F2N10O4. The summed E-state index contributed by atoms with van der Waals surface area (Å²) in [4.78, 5) is 32.4. The Labute approximate surface area is 433 Å². The summed E-state index contributed by atoms with van der Waals surface area (Å²) in [6, 6.07) is 30.5. The quantitative estimate of drug-likeness (QED) is 0.0504. The van der Waals surface area contributed by atoms with Crippen LogP contribution in [0.3, 0.4) is 0 Å². The smallest absolute Gasteiger partial charge is 0.251 e. The number of nitrogens with one attached hydrogen (secondary N) is 4. The molecule has 4 atom stereocenters. The summed E-state index contributed by atoms with van der Waals surface area (Å²) in [5, 5.41) is 42.4. The minimum atomic E-state index is -1.80. The van der Waals surface area contributed by atoms with Crippen LogP contribution in [0.4, 0.5) is 31.7 Å². The normalized spacial score (nSPS) is 18.8. The topological polar surface area (TPSA) is 194 Å². The Kier molecular flexibility index (Phi) is 16.0. The average molecular weight is 1030 g/mol. The number of phenolic OH excluding ortho intramolecular Hbond substituents is 1. The molecule has 6 aromatic rings. The van der Waals surface area contributed by atoms with Crippen LogP contribution in [0.5, 0.6) is 11.5 Å². The zero-order chi connectivity index (χ0) is 52.0. The van der Waals surface area contributed by atoms with Crippen LogP contribution in [-0.2, 0) is 16.8 Å². The summed E-state index contributed by atoms with van der Waals surface area (Å²) < 4.78 is 37.9. The van der Waals surface area contributed by atoms with E-state index in [-0.39, 0.29) is 44.3 Å². The van der Waals surface area contributed by atoms with E-state index in [0.717, 1.165) is 49.2 Å². The predicted octanol–water partition coefficient (Wildman–Crippen LogP) is 9.22. The van der Waals surface area contributed by atoms with Crippen molar-refractivity contribution in [3.05, 3.63) is 153 Å². The number of para-hydroxylation sites is 1. The first-order chi connectivity index (χ1) is 35.0. The van der Waals surface area contributed by atoms with Crippen LogP contribution in [0.2, 0.25) is 10.0 Å². The second kappa shape index (κ2) is 22.4. The zero-order valence-corrected chi connectivity index (χ0v) is 42.5. The number of carbonyl (C=O) groups excluding carboxylic acids is 2. The summed E-state index contributed by atoms with van der Waals surface area (Å²) in [6.45, 7) is 10.6. The predicted molar refractivity (Wildman–Crippen MR) is 282 cm³/mol. The largest absolute Gasteiger partial charge is 0.507 e. The maximum Gasteiger partial charge on any atom is 0.251 e. The minimum Gasteiger partial charge on any atom is -0.507 e. The molecule has 380 valence electrons. The van der Waals surface area contributed by atoms with E-state index >= 15 is 8.78 Å².